The van der Waals surface area contributed by atoms with E-state index in [4.69, 9.17) is 4.42 Å². The van der Waals surface area contributed by atoms with Crippen molar-refractivity contribution in [2.24, 2.45) is 0 Å². The number of rotatable bonds is 3. The Balaban J connectivity index is 2.11. The number of carbonyl (C=O) groups is 1. The minimum Gasteiger partial charge on any atom is -0.508 e. The first kappa shape index (κ1) is 16.1. The maximum atomic E-state index is 12.2. The van der Waals surface area contributed by atoms with Crippen LogP contribution in [0.1, 0.15) is 43.7 Å². The van der Waals surface area contributed by atoms with E-state index in [1.165, 1.54) is 0 Å². The lowest BCUT2D eigenvalue weighted by Crippen LogP contribution is -2.15. The van der Waals surface area contributed by atoms with Crippen LogP contribution in [0.15, 0.2) is 22.6 Å². The van der Waals surface area contributed by atoms with Gasteiger partial charge in [0, 0.05) is 11.1 Å². The van der Waals surface area contributed by atoms with Gasteiger partial charge >= 0.3 is 0 Å². The Morgan fingerprint density at radius 1 is 1.32 bits per heavy atom. The number of anilines is 1. The Hall–Kier alpha value is -2.30. The highest BCUT2D eigenvalue weighted by molar-refractivity contribution is 5.92. The molecule has 0 saturated heterocycles. The molecule has 0 unspecified atom stereocenters. The van der Waals surface area contributed by atoms with Gasteiger partial charge in [0.25, 0.3) is 0 Å². The van der Waals surface area contributed by atoms with Crippen LogP contribution in [0.3, 0.4) is 0 Å². The van der Waals surface area contributed by atoms with Crippen molar-refractivity contribution in [3.8, 4) is 5.75 Å². The van der Waals surface area contributed by atoms with Crippen molar-refractivity contribution in [1.82, 2.24) is 4.98 Å². The highest BCUT2D eigenvalue weighted by atomic mass is 16.4. The molecule has 0 aliphatic heterocycles. The summed E-state index contributed by atoms with van der Waals surface area (Å²) in [6.45, 7) is 9.71. The summed E-state index contributed by atoms with van der Waals surface area (Å²) in [7, 11) is 0. The van der Waals surface area contributed by atoms with Crippen LogP contribution in [0, 0.1) is 13.8 Å². The molecule has 118 valence electrons. The molecule has 1 amide bonds. The zero-order valence-corrected chi connectivity index (χ0v) is 13.7. The van der Waals surface area contributed by atoms with Gasteiger partial charge < -0.3 is 14.8 Å². The van der Waals surface area contributed by atoms with Crippen molar-refractivity contribution < 1.29 is 14.3 Å². The van der Waals surface area contributed by atoms with Crippen LogP contribution in [0.25, 0.3) is 0 Å². The fourth-order valence-electron chi connectivity index (χ4n) is 2.04. The number of phenolic OH excluding ortho intramolecular Hbond substituents is 1. The van der Waals surface area contributed by atoms with Gasteiger partial charge in [-0.05, 0) is 37.6 Å². The van der Waals surface area contributed by atoms with Gasteiger partial charge in [-0.15, -0.1) is 0 Å². The maximum Gasteiger partial charge on any atom is 0.232 e. The summed E-state index contributed by atoms with van der Waals surface area (Å²) in [5.41, 5.74) is 2.03. The summed E-state index contributed by atoms with van der Waals surface area (Å²) in [6, 6.07) is 4.82. The molecule has 1 heterocycles. The van der Waals surface area contributed by atoms with Gasteiger partial charge in [0.2, 0.25) is 5.91 Å². The largest absolute Gasteiger partial charge is 0.508 e. The predicted octanol–water partition coefficient (Wildman–Crippen LogP) is 3.48. The van der Waals surface area contributed by atoms with E-state index < -0.39 is 0 Å². The van der Waals surface area contributed by atoms with Crippen molar-refractivity contribution in [3.05, 3.63) is 41.1 Å². The molecule has 5 heteroatoms. The number of carbonyl (C=O) groups excluding carboxylic acids is 1. The van der Waals surface area contributed by atoms with E-state index in [-0.39, 0.29) is 23.5 Å². The van der Waals surface area contributed by atoms with Crippen molar-refractivity contribution in [2.75, 3.05) is 5.32 Å². The number of aromatic hydroxyl groups is 1. The molecule has 22 heavy (non-hydrogen) atoms. The molecule has 2 aromatic rings. The topological polar surface area (TPSA) is 75.4 Å². The molecule has 5 nitrogen and oxygen atoms in total. The van der Waals surface area contributed by atoms with Gasteiger partial charge in [0.1, 0.15) is 11.5 Å². The van der Waals surface area contributed by atoms with E-state index in [0.29, 0.717) is 17.3 Å². The number of aromatic nitrogens is 1. The van der Waals surface area contributed by atoms with Crippen LogP contribution in [0.5, 0.6) is 5.75 Å². The number of hydrogen-bond donors (Lipinski definition) is 2. The number of nitrogens with zero attached hydrogens (tertiary/aromatic N) is 1. The summed E-state index contributed by atoms with van der Waals surface area (Å²) >= 11 is 0. The summed E-state index contributed by atoms with van der Waals surface area (Å²) in [5, 5.41) is 12.2. The number of nitrogens with one attached hydrogen (secondary N) is 1. The monoisotopic (exact) mass is 302 g/mol. The summed E-state index contributed by atoms with van der Waals surface area (Å²) < 4.78 is 5.72. The van der Waals surface area contributed by atoms with Crippen LogP contribution in [0.2, 0.25) is 0 Å². The summed E-state index contributed by atoms with van der Waals surface area (Å²) in [6.07, 6.45) is 0.134. The summed E-state index contributed by atoms with van der Waals surface area (Å²) in [5.74, 6) is 1.22. The maximum absolute atomic E-state index is 12.2. The third-order valence-corrected chi connectivity index (χ3v) is 3.34. The van der Waals surface area contributed by atoms with Crippen molar-refractivity contribution in [3.63, 3.8) is 0 Å². The minimum atomic E-state index is -0.187. The smallest absolute Gasteiger partial charge is 0.232 e. The lowest BCUT2D eigenvalue weighted by atomic mass is 9.97. The molecule has 2 N–H and O–H groups in total. The summed E-state index contributed by atoms with van der Waals surface area (Å²) in [4.78, 5) is 16.6. The number of aryl methyl sites for hydroxylation is 2. The molecule has 0 bridgehead atoms. The minimum absolute atomic E-state index is 0.134. The number of hydrogen-bond acceptors (Lipinski definition) is 4. The molecule has 0 saturated carbocycles. The van der Waals surface area contributed by atoms with Crippen LogP contribution in [0.4, 0.5) is 5.69 Å². The first-order valence-corrected chi connectivity index (χ1v) is 7.23. The van der Waals surface area contributed by atoms with Crippen molar-refractivity contribution in [1.29, 1.82) is 0 Å². The third-order valence-electron chi connectivity index (χ3n) is 3.34. The molecule has 1 aromatic carbocycles. The van der Waals surface area contributed by atoms with Gasteiger partial charge in [-0.1, -0.05) is 20.8 Å². The Morgan fingerprint density at radius 3 is 2.55 bits per heavy atom. The first-order valence-electron chi connectivity index (χ1n) is 7.23. The average Bonchev–Trinajstić information content (AvgIpc) is 2.74. The number of oxazole rings is 1. The second-order valence-electron chi connectivity index (χ2n) is 6.50. The number of benzene rings is 1. The molecule has 0 aliphatic rings. The Labute approximate surface area is 130 Å². The molecule has 0 radical (unpaired) electrons. The standard InChI is InChI=1S/C17H22N2O3/c1-10-8-12(20)6-7-13(10)19-15(21)9-14-11(2)18-16(22-14)17(3,4)5/h6-8,20H,9H2,1-5H3,(H,19,21). The third kappa shape index (κ3) is 3.67. The fraction of sp³-hybridized carbons (Fsp3) is 0.412. The van der Waals surface area contributed by atoms with Gasteiger partial charge in [0.15, 0.2) is 5.89 Å². The van der Waals surface area contributed by atoms with Crippen molar-refractivity contribution in [2.45, 2.75) is 46.5 Å². The van der Waals surface area contributed by atoms with E-state index >= 15 is 0 Å². The quantitative estimate of drug-likeness (QED) is 0.851. The SMILES string of the molecule is Cc1cc(O)ccc1NC(=O)Cc1oc(C(C)(C)C)nc1C. The number of phenols is 1. The van der Waals surface area contributed by atoms with E-state index in [9.17, 15) is 9.90 Å². The van der Waals surface area contributed by atoms with E-state index in [0.717, 1.165) is 11.3 Å². The van der Waals surface area contributed by atoms with Crippen LogP contribution < -0.4 is 5.32 Å². The first-order chi connectivity index (χ1) is 10.2. The van der Waals surface area contributed by atoms with Crippen molar-refractivity contribution >= 4 is 11.6 Å². The Bertz CT molecular complexity index is 696. The highest BCUT2D eigenvalue weighted by Gasteiger charge is 2.23. The van der Waals surface area contributed by atoms with E-state index in [1.807, 2.05) is 34.6 Å². The van der Waals surface area contributed by atoms with Gasteiger partial charge in [0.05, 0.1) is 12.1 Å². The van der Waals surface area contributed by atoms with Gasteiger partial charge in [-0.2, -0.15) is 0 Å². The Kier molecular flexibility index (Phi) is 4.26. The molecular weight excluding hydrogens is 280 g/mol. The highest BCUT2D eigenvalue weighted by Crippen LogP contribution is 2.25. The molecule has 0 fully saturated rings. The van der Waals surface area contributed by atoms with E-state index in [2.05, 4.69) is 10.3 Å². The zero-order valence-electron chi connectivity index (χ0n) is 13.7. The van der Waals surface area contributed by atoms with Gasteiger partial charge in [-0.25, -0.2) is 4.98 Å². The zero-order chi connectivity index (χ0) is 16.5. The predicted molar refractivity (Wildman–Crippen MR) is 85.1 cm³/mol. The molecule has 0 aliphatic carbocycles. The number of amides is 1. The Morgan fingerprint density at radius 2 is 2.00 bits per heavy atom. The van der Waals surface area contributed by atoms with Crippen LogP contribution in [-0.2, 0) is 16.6 Å². The normalized spacial score (nSPS) is 11.5. The lowest BCUT2D eigenvalue weighted by Gasteiger charge is -2.12. The molecule has 2 rings (SSSR count). The second-order valence-corrected chi connectivity index (χ2v) is 6.50. The molecule has 0 atom stereocenters. The van der Waals surface area contributed by atoms with Crippen LogP contribution >= 0.6 is 0 Å². The molecule has 1 aromatic heterocycles. The fourth-order valence-corrected chi connectivity index (χ4v) is 2.04. The van der Waals surface area contributed by atoms with Crippen LogP contribution in [-0.4, -0.2) is 16.0 Å². The lowest BCUT2D eigenvalue weighted by molar-refractivity contribution is -0.115. The second kappa shape index (κ2) is 5.83. The van der Waals surface area contributed by atoms with Gasteiger partial charge in [-0.3, -0.25) is 4.79 Å². The molecular formula is C17H22N2O3. The van der Waals surface area contributed by atoms with E-state index in [1.54, 1.807) is 18.2 Å². The average molecular weight is 302 g/mol. The molecule has 0 spiro atoms.